The Balaban J connectivity index is 1.72. The highest BCUT2D eigenvalue weighted by Crippen LogP contribution is 2.22. The largest absolute Gasteiger partial charge is 0.444 e. The number of hydrogen-bond acceptors (Lipinski definition) is 4. The van der Waals surface area contributed by atoms with Crippen molar-refractivity contribution in [3.8, 4) is 0 Å². The van der Waals surface area contributed by atoms with Crippen LogP contribution in [-0.4, -0.2) is 59.6 Å². The van der Waals surface area contributed by atoms with Crippen LogP contribution in [-0.2, 0) is 9.53 Å². The number of carbonyl (C=O) groups excluding carboxylic acids is 2. The van der Waals surface area contributed by atoms with Crippen LogP contribution in [0.2, 0.25) is 0 Å². The Bertz CT molecular complexity index is 372. The van der Waals surface area contributed by atoms with E-state index in [4.69, 9.17) is 10.5 Å². The Morgan fingerprint density at radius 1 is 1.37 bits per heavy atom. The topological polar surface area (TPSA) is 75.9 Å². The molecule has 0 aromatic rings. The van der Waals surface area contributed by atoms with E-state index in [1.807, 2.05) is 25.7 Å². The van der Waals surface area contributed by atoms with Crippen LogP contribution in [0.4, 0.5) is 4.79 Å². The monoisotopic (exact) mass is 269 g/mol. The van der Waals surface area contributed by atoms with Crippen LogP contribution in [0, 0.1) is 5.92 Å². The van der Waals surface area contributed by atoms with E-state index in [-0.39, 0.29) is 18.0 Å². The van der Waals surface area contributed by atoms with Gasteiger partial charge in [-0.25, -0.2) is 4.79 Å². The molecular weight excluding hydrogens is 246 g/mol. The third-order valence-electron chi connectivity index (χ3n) is 3.33. The molecule has 2 rings (SSSR count). The van der Waals surface area contributed by atoms with Gasteiger partial charge in [-0.3, -0.25) is 4.79 Å². The lowest BCUT2D eigenvalue weighted by atomic mass is 10.0. The first-order valence-corrected chi connectivity index (χ1v) is 6.76. The van der Waals surface area contributed by atoms with E-state index >= 15 is 0 Å². The summed E-state index contributed by atoms with van der Waals surface area (Å²) in [6.45, 7) is 8.22. The van der Waals surface area contributed by atoms with Gasteiger partial charge in [0.1, 0.15) is 5.60 Å². The average Bonchev–Trinajstić information content (AvgIpc) is 2.47. The number of nitrogens with zero attached hydrogens (tertiary/aromatic N) is 2. The minimum absolute atomic E-state index is 0.0328. The number of ether oxygens (including phenoxy) is 1. The summed E-state index contributed by atoms with van der Waals surface area (Å²) < 4.78 is 5.28. The van der Waals surface area contributed by atoms with Crippen LogP contribution >= 0.6 is 0 Å². The Labute approximate surface area is 113 Å². The smallest absolute Gasteiger partial charge is 0.410 e. The van der Waals surface area contributed by atoms with Gasteiger partial charge in [-0.1, -0.05) is 0 Å². The summed E-state index contributed by atoms with van der Waals surface area (Å²) >= 11 is 0. The molecule has 6 nitrogen and oxygen atoms in total. The van der Waals surface area contributed by atoms with Gasteiger partial charge in [-0.2, -0.15) is 0 Å². The molecule has 2 amide bonds. The number of nitrogens with two attached hydrogens (primary N) is 1. The zero-order chi connectivity index (χ0) is 14.2. The van der Waals surface area contributed by atoms with Crippen molar-refractivity contribution in [2.24, 2.45) is 11.7 Å². The Morgan fingerprint density at radius 3 is 2.47 bits per heavy atom. The van der Waals surface area contributed by atoms with E-state index in [0.717, 1.165) is 0 Å². The van der Waals surface area contributed by atoms with Crippen LogP contribution in [0.5, 0.6) is 0 Å². The molecule has 2 N–H and O–H groups in total. The highest BCUT2D eigenvalue weighted by atomic mass is 16.6. The van der Waals surface area contributed by atoms with Gasteiger partial charge in [-0.05, 0) is 20.8 Å². The van der Waals surface area contributed by atoms with E-state index in [1.54, 1.807) is 4.90 Å². The third kappa shape index (κ3) is 3.59. The second kappa shape index (κ2) is 5.00. The fourth-order valence-corrected chi connectivity index (χ4v) is 2.45. The molecule has 2 saturated heterocycles. The Kier molecular flexibility index (Phi) is 3.71. The Hall–Kier alpha value is -1.30. The van der Waals surface area contributed by atoms with E-state index in [1.165, 1.54) is 0 Å². The summed E-state index contributed by atoms with van der Waals surface area (Å²) in [5.41, 5.74) is 5.29. The normalized spacial score (nSPS) is 24.6. The first-order chi connectivity index (χ1) is 8.74. The lowest BCUT2D eigenvalue weighted by Gasteiger charge is -2.41. The molecule has 2 aliphatic rings. The SMILES string of the molecule is CC(C)(C)OC(=O)N1CC(CN2CC(N)CC2=O)C1. The Morgan fingerprint density at radius 2 is 2.00 bits per heavy atom. The van der Waals surface area contributed by atoms with Crippen LogP contribution in [0.1, 0.15) is 27.2 Å². The highest BCUT2D eigenvalue weighted by molar-refractivity contribution is 5.79. The van der Waals surface area contributed by atoms with Crippen molar-refractivity contribution >= 4 is 12.0 Å². The predicted octanol–water partition coefficient (Wildman–Crippen LogP) is 0.413. The van der Waals surface area contributed by atoms with Crippen LogP contribution in [0.3, 0.4) is 0 Å². The highest BCUT2D eigenvalue weighted by Gasteiger charge is 2.37. The molecule has 0 radical (unpaired) electrons. The van der Waals surface area contributed by atoms with Gasteiger partial charge < -0.3 is 20.3 Å². The molecule has 2 heterocycles. The van der Waals surface area contributed by atoms with E-state index in [0.29, 0.717) is 38.5 Å². The van der Waals surface area contributed by atoms with Gasteiger partial charge in [0, 0.05) is 44.6 Å². The number of rotatable bonds is 2. The quantitative estimate of drug-likeness (QED) is 0.788. The van der Waals surface area contributed by atoms with E-state index < -0.39 is 5.60 Å². The maximum atomic E-state index is 11.7. The molecular formula is C13H23N3O3. The number of likely N-dealkylation sites (tertiary alicyclic amines) is 2. The van der Waals surface area contributed by atoms with Gasteiger partial charge >= 0.3 is 6.09 Å². The minimum atomic E-state index is -0.458. The summed E-state index contributed by atoms with van der Waals surface area (Å²) in [4.78, 5) is 26.8. The second-order valence-corrected chi connectivity index (χ2v) is 6.51. The third-order valence-corrected chi connectivity index (χ3v) is 3.33. The fourth-order valence-electron chi connectivity index (χ4n) is 2.45. The number of hydrogen-bond donors (Lipinski definition) is 1. The summed E-state index contributed by atoms with van der Waals surface area (Å²) in [7, 11) is 0. The summed E-state index contributed by atoms with van der Waals surface area (Å²) in [6.07, 6.45) is 0.177. The van der Waals surface area contributed by atoms with Gasteiger partial charge in [0.15, 0.2) is 0 Å². The lowest BCUT2D eigenvalue weighted by molar-refractivity contribution is -0.128. The summed E-state index contributed by atoms with van der Waals surface area (Å²) in [5, 5.41) is 0. The molecule has 1 unspecified atom stereocenters. The van der Waals surface area contributed by atoms with Crippen molar-refractivity contribution in [1.29, 1.82) is 0 Å². The first-order valence-electron chi connectivity index (χ1n) is 6.76. The van der Waals surface area contributed by atoms with Gasteiger partial charge in [0.2, 0.25) is 5.91 Å². The molecule has 6 heteroatoms. The number of amides is 2. The van der Waals surface area contributed by atoms with Gasteiger partial charge in [0.25, 0.3) is 0 Å². The van der Waals surface area contributed by atoms with Crippen molar-refractivity contribution in [2.75, 3.05) is 26.2 Å². The standard InChI is InChI=1S/C13H23N3O3/c1-13(2,3)19-12(18)16-6-9(7-16)5-15-8-10(14)4-11(15)17/h9-10H,4-8,14H2,1-3H3. The van der Waals surface area contributed by atoms with Crippen LogP contribution in [0.15, 0.2) is 0 Å². The summed E-state index contributed by atoms with van der Waals surface area (Å²) in [6, 6.07) is -0.0328. The zero-order valence-electron chi connectivity index (χ0n) is 11.9. The van der Waals surface area contributed by atoms with E-state index in [2.05, 4.69) is 0 Å². The maximum absolute atomic E-state index is 11.7. The lowest BCUT2D eigenvalue weighted by Crippen LogP contribution is -2.55. The first kappa shape index (κ1) is 14.1. The summed E-state index contributed by atoms with van der Waals surface area (Å²) in [5.74, 6) is 0.477. The van der Waals surface area contributed by atoms with Gasteiger partial charge in [0.05, 0.1) is 0 Å². The predicted molar refractivity (Wildman–Crippen MR) is 70.5 cm³/mol. The molecule has 19 heavy (non-hydrogen) atoms. The molecule has 2 fully saturated rings. The molecule has 0 spiro atoms. The minimum Gasteiger partial charge on any atom is -0.444 e. The van der Waals surface area contributed by atoms with Crippen molar-refractivity contribution in [1.82, 2.24) is 9.80 Å². The number of carbonyl (C=O) groups is 2. The van der Waals surface area contributed by atoms with Crippen molar-refractivity contribution in [3.05, 3.63) is 0 Å². The van der Waals surface area contributed by atoms with Gasteiger partial charge in [-0.15, -0.1) is 0 Å². The fraction of sp³-hybridized carbons (Fsp3) is 0.846. The van der Waals surface area contributed by atoms with Crippen molar-refractivity contribution in [2.45, 2.75) is 38.8 Å². The molecule has 2 aliphatic heterocycles. The van der Waals surface area contributed by atoms with Crippen LogP contribution < -0.4 is 5.73 Å². The molecule has 0 saturated carbocycles. The molecule has 108 valence electrons. The molecule has 0 aromatic heterocycles. The maximum Gasteiger partial charge on any atom is 0.410 e. The van der Waals surface area contributed by atoms with Crippen molar-refractivity contribution < 1.29 is 14.3 Å². The van der Waals surface area contributed by atoms with Crippen molar-refractivity contribution in [3.63, 3.8) is 0 Å². The van der Waals surface area contributed by atoms with E-state index in [9.17, 15) is 9.59 Å². The molecule has 0 bridgehead atoms. The second-order valence-electron chi connectivity index (χ2n) is 6.51. The average molecular weight is 269 g/mol. The molecule has 1 atom stereocenters. The van der Waals surface area contributed by atoms with Crippen LogP contribution in [0.25, 0.3) is 0 Å². The molecule has 0 aliphatic carbocycles. The molecule has 0 aromatic carbocycles. The zero-order valence-corrected chi connectivity index (χ0v) is 11.9.